The summed E-state index contributed by atoms with van der Waals surface area (Å²) in [6.07, 6.45) is -0.524. The first-order valence-corrected chi connectivity index (χ1v) is 8.84. The van der Waals surface area contributed by atoms with Gasteiger partial charge in [-0.2, -0.15) is 0 Å². The van der Waals surface area contributed by atoms with Gasteiger partial charge in [0.05, 0.1) is 18.0 Å². The number of nitrogens with one attached hydrogen (secondary N) is 1. The number of aromatic nitrogens is 1. The van der Waals surface area contributed by atoms with Crippen LogP contribution in [0.5, 0.6) is 5.75 Å². The summed E-state index contributed by atoms with van der Waals surface area (Å²) in [7, 11) is 0. The first kappa shape index (κ1) is 17.2. The molecule has 132 valence electrons. The zero-order valence-electron chi connectivity index (χ0n) is 14.3. The third-order valence-corrected chi connectivity index (χ3v) is 4.66. The molecular weight excluding hydrogens is 342 g/mol. The summed E-state index contributed by atoms with van der Waals surface area (Å²) < 4.78 is 10.4. The second-order valence-electron chi connectivity index (χ2n) is 5.38. The Balaban J connectivity index is 1.92. The third kappa shape index (κ3) is 3.43. The van der Waals surface area contributed by atoms with E-state index in [9.17, 15) is 9.59 Å². The Bertz CT molecular complexity index is 818. The van der Waals surface area contributed by atoms with Crippen LogP contribution in [0.2, 0.25) is 0 Å². The van der Waals surface area contributed by atoms with E-state index in [0.29, 0.717) is 24.0 Å². The van der Waals surface area contributed by atoms with Crippen LogP contribution in [0.1, 0.15) is 18.7 Å². The lowest BCUT2D eigenvalue weighted by atomic mass is 10.1. The maximum atomic E-state index is 12.0. The maximum absolute atomic E-state index is 12.0. The zero-order valence-corrected chi connectivity index (χ0v) is 15.1. The molecule has 2 amide bonds. The van der Waals surface area contributed by atoms with Crippen molar-refractivity contribution in [2.75, 3.05) is 30.0 Å². The normalized spacial score (nSPS) is 13.2. The van der Waals surface area contributed by atoms with Crippen LogP contribution in [0.4, 0.5) is 15.6 Å². The van der Waals surface area contributed by atoms with Gasteiger partial charge >= 0.3 is 6.09 Å². The van der Waals surface area contributed by atoms with Gasteiger partial charge in [-0.05, 0) is 39.0 Å². The van der Waals surface area contributed by atoms with Gasteiger partial charge in [0.1, 0.15) is 5.75 Å². The van der Waals surface area contributed by atoms with Crippen molar-refractivity contribution in [3.8, 4) is 17.0 Å². The number of anilines is 2. The van der Waals surface area contributed by atoms with E-state index in [1.54, 1.807) is 11.8 Å². The summed E-state index contributed by atoms with van der Waals surface area (Å²) in [4.78, 5) is 30.7. The summed E-state index contributed by atoms with van der Waals surface area (Å²) >= 11 is 1.37. The Morgan fingerprint density at radius 3 is 2.96 bits per heavy atom. The Hall–Kier alpha value is -2.61. The fraction of sp³-hybridized carbons (Fsp3) is 0.353. The van der Waals surface area contributed by atoms with E-state index in [0.717, 1.165) is 21.8 Å². The summed E-state index contributed by atoms with van der Waals surface area (Å²) in [5.74, 6) is 0.620. The van der Waals surface area contributed by atoms with Gasteiger partial charge in [0.15, 0.2) is 11.7 Å². The number of hydrogen-bond donors (Lipinski definition) is 1. The number of aryl methyl sites for hydroxylation is 1. The molecule has 1 aromatic carbocycles. The van der Waals surface area contributed by atoms with Crippen molar-refractivity contribution < 1.29 is 19.1 Å². The molecule has 1 aliphatic heterocycles. The summed E-state index contributed by atoms with van der Waals surface area (Å²) in [5.41, 5.74) is 2.36. The van der Waals surface area contributed by atoms with E-state index in [1.165, 1.54) is 11.3 Å². The lowest BCUT2D eigenvalue weighted by Crippen LogP contribution is -2.38. The Kier molecular flexibility index (Phi) is 4.89. The average molecular weight is 361 g/mol. The molecule has 0 spiro atoms. The van der Waals surface area contributed by atoms with Crippen molar-refractivity contribution in [2.24, 2.45) is 0 Å². The quantitative estimate of drug-likeness (QED) is 0.902. The van der Waals surface area contributed by atoms with Crippen LogP contribution in [0.25, 0.3) is 11.3 Å². The summed E-state index contributed by atoms with van der Waals surface area (Å²) in [6.45, 7) is 6.54. The molecule has 0 radical (unpaired) electrons. The number of carbonyl (C=O) groups excluding carboxylic acids is 2. The highest BCUT2D eigenvalue weighted by molar-refractivity contribution is 7.16. The average Bonchev–Trinajstić information content (AvgIpc) is 2.94. The van der Waals surface area contributed by atoms with Gasteiger partial charge in [0.2, 0.25) is 0 Å². The fourth-order valence-corrected chi connectivity index (χ4v) is 3.49. The van der Waals surface area contributed by atoms with Gasteiger partial charge in [-0.3, -0.25) is 10.1 Å². The lowest BCUT2D eigenvalue weighted by molar-refractivity contribution is -0.121. The van der Waals surface area contributed by atoms with Gasteiger partial charge in [-0.25, -0.2) is 9.78 Å². The number of ether oxygens (including phenoxy) is 2. The molecule has 2 aromatic rings. The maximum Gasteiger partial charge on any atom is 0.413 e. The third-order valence-electron chi connectivity index (χ3n) is 3.77. The minimum Gasteiger partial charge on any atom is -0.482 e. The van der Waals surface area contributed by atoms with E-state index in [1.807, 2.05) is 32.0 Å². The predicted molar refractivity (Wildman–Crippen MR) is 96.5 cm³/mol. The smallest absolute Gasteiger partial charge is 0.413 e. The number of amides is 2. The van der Waals surface area contributed by atoms with Crippen molar-refractivity contribution in [1.29, 1.82) is 0 Å². The number of carbonyl (C=O) groups is 2. The van der Waals surface area contributed by atoms with Gasteiger partial charge in [-0.15, -0.1) is 11.3 Å². The summed E-state index contributed by atoms with van der Waals surface area (Å²) in [5, 5.41) is 3.10. The highest BCUT2D eigenvalue weighted by Crippen LogP contribution is 2.38. The van der Waals surface area contributed by atoms with Crippen molar-refractivity contribution in [3.05, 3.63) is 23.1 Å². The number of fused-ring (bicyclic) bond motifs is 1. The van der Waals surface area contributed by atoms with Crippen molar-refractivity contribution in [2.45, 2.75) is 20.8 Å². The molecule has 0 saturated carbocycles. The van der Waals surface area contributed by atoms with E-state index >= 15 is 0 Å². The Labute approximate surface area is 149 Å². The van der Waals surface area contributed by atoms with Crippen LogP contribution in [-0.2, 0) is 9.53 Å². The topological polar surface area (TPSA) is 80.8 Å². The van der Waals surface area contributed by atoms with Crippen molar-refractivity contribution in [3.63, 3.8) is 0 Å². The van der Waals surface area contributed by atoms with Crippen LogP contribution in [0.3, 0.4) is 0 Å². The van der Waals surface area contributed by atoms with E-state index < -0.39 is 6.09 Å². The number of nitrogens with zero attached hydrogens (tertiary/aromatic N) is 2. The van der Waals surface area contributed by atoms with Crippen LogP contribution >= 0.6 is 11.3 Å². The van der Waals surface area contributed by atoms with Gasteiger partial charge in [-0.1, -0.05) is 0 Å². The first-order valence-electron chi connectivity index (χ1n) is 8.02. The number of benzene rings is 1. The van der Waals surface area contributed by atoms with E-state index in [-0.39, 0.29) is 12.5 Å². The lowest BCUT2D eigenvalue weighted by Gasteiger charge is -2.28. The molecular formula is C17H19N3O4S. The Morgan fingerprint density at radius 1 is 1.44 bits per heavy atom. The fourth-order valence-electron chi connectivity index (χ4n) is 2.67. The predicted octanol–water partition coefficient (Wildman–Crippen LogP) is 3.43. The van der Waals surface area contributed by atoms with E-state index in [4.69, 9.17) is 9.47 Å². The van der Waals surface area contributed by atoms with Crippen LogP contribution < -0.4 is 15.0 Å². The molecule has 25 heavy (non-hydrogen) atoms. The molecule has 0 saturated heterocycles. The molecule has 8 heteroatoms. The molecule has 1 N–H and O–H groups in total. The molecule has 1 aromatic heterocycles. The number of likely N-dealkylation sites (N-methyl/N-ethyl adjacent to an activating group) is 1. The second-order valence-corrected chi connectivity index (χ2v) is 6.58. The minimum absolute atomic E-state index is 0.0591. The molecule has 3 rings (SSSR count). The standard InChI is InChI=1S/C17H19N3O4S/c1-4-20-12-8-11(6-7-13(12)24-9-14(20)21)15-10(3)25-16(18-15)19-17(22)23-5-2/h6-8H,4-5,9H2,1-3H3,(H,18,19,22). The van der Waals surface area contributed by atoms with Crippen molar-refractivity contribution >= 4 is 34.2 Å². The van der Waals surface area contributed by atoms with Crippen LogP contribution in [0.15, 0.2) is 18.2 Å². The zero-order chi connectivity index (χ0) is 18.0. The summed E-state index contributed by atoms with van der Waals surface area (Å²) in [6, 6.07) is 5.64. The highest BCUT2D eigenvalue weighted by Gasteiger charge is 2.25. The molecule has 2 heterocycles. The molecule has 0 unspecified atom stereocenters. The molecule has 1 aliphatic rings. The van der Waals surface area contributed by atoms with Crippen LogP contribution in [-0.4, -0.2) is 36.7 Å². The number of rotatable bonds is 4. The SMILES string of the molecule is CCOC(=O)Nc1nc(-c2ccc3c(c2)N(CC)C(=O)CO3)c(C)s1. The second kappa shape index (κ2) is 7.10. The minimum atomic E-state index is -0.524. The monoisotopic (exact) mass is 361 g/mol. The molecule has 7 nitrogen and oxygen atoms in total. The number of thiazole rings is 1. The molecule has 0 fully saturated rings. The molecule has 0 bridgehead atoms. The van der Waals surface area contributed by atoms with Gasteiger partial charge in [0.25, 0.3) is 5.91 Å². The number of hydrogen-bond acceptors (Lipinski definition) is 6. The Morgan fingerprint density at radius 2 is 2.24 bits per heavy atom. The highest BCUT2D eigenvalue weighted by atomic mass is 32.1. The van der Waals surface area contributed by atoms with Gasteiger partial charge < -0.3 is 14.4 Å². The first-order chi connectivity index (χ1) is 12.0. The van der Waals surface area contributed by atoms with E-state index in [2.05, 4.69) is 10.3 Å². The van der Waals surface area contributed by atoms with Crippen molar-refractivity contribution in [1.82, 2.24) is 4.98 Å². The van der Waals surface area contributed by atoms with Crippen LogP contribution in [0, 0.1) is 6.92 Å². The molecule has 0 aliphatic carbocycles. The molecule has 0 atom stereocenters. The van der Waals surface area contributed by atoms with Gasteiger partial charge in [0, 0.05) is 17.0 Å². The largest absolute Gasteiger partial charge is 0.482 e.